The minimum Gasteiger partial charge on any atom is -0.469 e. The van der Waals surface area contributed by atoms with Crippen molar-refractivity contribution >= 4 is 11.9 Å². The second kappa shape index (κ2) is 9.34. The maximum absolute atomic E-state index is 12.8. The van der Waals surface area contributed by atoms with E-state index < -0.39 is 0 Å². The van der Waals surface area contributed by atoms with Gasteiger partial charge in [-0.2, -0.15) is 0 Å². The number of esters is 1. The summed E-state index contributed by atoms with van der Waals surface area (Å²) >= 11 is 0. The molecule has 1 aromatic rings. The normalized spacial score (nSPS) is 16.4. The highest BCUT2D eigenvalue weighted by atomic mass is 16.5. The minimum atomic E-state index is -0.370. The Morgan fingerprint density at radius 2 is 2.00 bits per heavy atom. The van der Waals surface area contributed by atoms with Crippen LogP contribution < -0.4 is 0 Å². The van der Waals surface area contributed by atoms with Gasteiger partial charge in [0.05, 0.1) is 26.2 Å². The summed E-state index contributed by atoms with van der Waals surface area (Å²) in [7, 11) is 1.36. The monoisotopic (exact) mass is 335 g/mol. The molecule has 1 amide bonds. The highest BCUT2D eigenvalue weighted by Gasteiger charge is 2.23. The Balaban J connectivity index is 2.02. The standard InChI is InChI=1S/C17H25N3O4/c1-14(17(22)23-2)13-20(8-7-19-9-11-24-12-10-19)16(21)15-3-5-18-6-4-15/h3-6,14H,7-13H2,1-2H3. The number of rotatable bonds is 7. The van der Waals surface area contributed by atoms with Gasteiger partial charge < -0.3 is 14.4 Å². The van der Waals surface area contributed by atoms with Gasteiger partial charge in [0.15, 0.2) is 0 Å². The number of hydrogen-bond donors (Lipinski definition) is 0. The van der Waals surface area contributed by atoms with E-state index >= 15 is 0 Å². The molecule has 0 aliphatic carbocycles. The van der Waals surface area contributed by atoms with Crippen molar-refractivity contribution in [2.75, 3.05) is 53.0 Å². The first-order valence-electron chi connectivity index (χ1n) is 8.19. The molecule has 24 heavy (non-hydrogen) atoms. The summed E-state index contributed by atoms with van der Waals surface area (Å²) in [5.74, 6) is -0.777. The van der Waals surface area contributed by atoms with Crippen molar-refractivity contribution in [1.82, 2.24) is 14.8 Å². The molecule has 2 rings (SSSR count). The van der Waals surface area contributed by atoms with Crippen LogP contribution in [0.5, 0.6) is 0 Å². The number of pyridine rings is 1. The summed E-state index contributed by atoms with van der Waals surface area (Å²) in [5, 5.41) is 0. The van der Waals surface area contributed by atoms with Crippen molar-refractivity contribution < 1.29 is 19.1 Å². The quantitative estimate of drug-likeness (QED) is 0.682. The summed E-state index contributed by atoms with van der Waals surface area (Å²) in [6.45, 7) is 6.59. The van der Waals surface area contributed by atoms with Crippen molar-refractivity contribution in [2.24, 2.45) is 5.92 Å². The molecule has 1 atom stereocenters. The molecule has 0 bridgehead atoms. The topological polar surface area (TPSA) is 72.0 Å². The highest BCUT2D eigenvalue weighted by molar-refractivity contribution is 5.94. The number of carbonyl (C=O) groups excluding carboxylic acids is 2. The molecule has 0 N–H and O–H groups in total. The van der Waals surface area contributed by atoms with Crippen LogP contribution in [0.15, 0.2) is 24.5 Å². The van der Waals surface area contributed by atoms with E-state index in [1.165, 1.54) is 7.11 Å². The Morgan fingerprint density at radius 1 is 1.33 bits per heavy atom. The van der Waals surface area contributed by atoms with Crippen LogP contribution in [0, 0.1) is 5.92 Å². The Hall–Kier alpha value is -1.99. The zero-order chi connectivity index (χ0) is 17.4. The van der Waals surface area contributed by atoms with Crippen molar-refractivity contribution in [3.05, 3.63) is 30.1 Å². The highest BCUT2D eigenvalue weighted by Crippen LogP contribution is 2.09. The molecule has 1 unspecified atom stereocenters. The molecule has 0 radical (unpaired) electrons. The van der Waals surface area contributed by atoms with E-state index in [9.17, 15) is 9.59 Å². The van der Waals surface area contributed by atoms with Gasteiger partial charge in [-0.1, -0.05) is 6.92 Å². The van der Waals surface area contributed by atoms with Gasteiger partial charge in [0.2, 0.25) is 0 Å². The van der Waals surface area contributed by atoms with Crippen LogP contribution in [0.3, 0.4) is 0 Å². The molecular formula is C17H25N3O4. The van der Waals surface area contributed by atoms with Gasteiger partial charge in [0.1, 0.15) is 0 Å². The van der Waals surface area contributed by atoms with Crippen molar-refractivity contribution in [3.63, 3.8) is 0 Å². The average Bonchev–Trinajstić information content (AvgIpc) is 2.65. The first kappa shape index (κ1) is 18.4. The molecular weight excluding hydrogens is 310 g/mol. The molecule has 1 aromatic heterocycles. The number of ether oxygens (including phenoxy) is 2. The van der Waals surface area contributed by atoms with Gasteiger partial charge in [0.25, 0.3) is 5.91 Å². The molecule has 1 aliphatic heterocycles. The first-order valence-corrected chi connectivity index (χ1v) is 8.19. The number of morpholine rings is 1. The summed E-state index contributed by atoms with van der Waals surface area (Å²) < 4.78 is 10.1. The summed E-state index contributed by atoms with van der Waals surface area (Å²) in [6.07, 6.45) is 3.19. The number of hydrogen-bond acceptors (Lipinski definition) is 6. The lowest BCUT2D eigenvalue weighted by Gasteiger charge is -2.31. The fourth-order valence-corrected chi connectivity index (χ4v) is 2.65. The summed E-state index contributed by atoms with van der Waals surface area (Å²) in [4.78, 5) is 32.4. The predicted octanol–water partition coefficient (Wildman–Crippen LogP) is 0.665. The van der Waals surface area contributed by atoms with Crippen LogP contribution in [0.2, 0.25) is 0 Å². The van der Waals surface area contributed by atoms with Crippen LogP contribution in [0.25, 0.3) is 0 Å². The number of aromatic nitrogens is 1. The van der Waals surface area contributed by atoms with E-state index in [4.69, 9.17) is 9.47 Å². The van der Waals surface area contributed by atoms with E-state index in [2.05, 4.69) is 9.88 Å². The third-order valence-electron chi connectivity index (χ3n) is 4.10. The van der Waals surface area contributed by atoms with Crippen LogP contribution in [-0.4, -0.2) is 79.7 Å². The van der Waals surface area contributed by atoms with E-state index in [-0.39, 0.29) is 17.8 Å². The number of amides is 1. The van der Waals surface area contributed by atoms with Crippen molar-refractivity contribution in [3.8, 4) is 0 Å². The largest absolute Gasteiger partial charge is 0.469 e. The van der Waals surface area contributed by atoms with Gasteiger partial charge in [-0.3, -0.25) is 19.5 Å². The van der Waals surface area contributed by atoms with Crippen molar-refractivity contribution in [2.45, 2.75) is 6.92 Å². The second-order valence-corrected chi connectivity index (χ2v) is 5.87. The van der Waals surface area contributed by atoms with Gasteiger partial charge in [-0.05, 0) is 12.1 Å². The van der Waals surface area contributed by atoms with E-state index in [1.807, 2.05) is 0 Å². The molecule has 0 spiro atoms. The van der Waals surface area contributed by atoms with Crippen molar-refractivity contribution in [1.29, 1.82) is 0 Å². The zero-order valence-electron chi connectivity index (χ0n) is 14.3. The van der Waals surface area contributed by atoms with Gasteiger partial charge in [-0.25, -0.2) is 0 Å². The molecule has 7 heteroatoms. The Kier molecular flexibility index (Phi) is 7.14. The molecule has 1 saturated heterocycles. The second-order valence-electron chi connectivity index (χ2n) is 5.87. The summed E-state index contributed by atoms with van der Waals surface area (Å²) in [6, 6.07) is 3.37. The van der Waals surface area contributed by atoms with E-state index in [0.717, 1.165) is 32.8 Å². The summed E-state index contributed by atoms with van der Waals surface area (Å²) in [5.41, 5.74) is 0.573. The lowest BCUT2D eigenvalue weighted by molar-refractivity contribution is -0.145. The maximum Gasteiger partial charge on any atom is 0.310 e. The molecule has 132 valence electrons. The molecule has 2 heterocycles. The Bertz CT molecular complexity index is 532. The molecule has 1 aliphatic rings. The minimum absolute atomic E-state index is 0.0959. The van der Waals surface area contributed by atoms with Crippen LogP contribution in [0.4, 0.5) is 0 Å². The number of methoxy groups -OCH3 is 1. The first-order chi connectivity index (χ1) is 11.6. The Morgan fingerprint density at radius 3 is 2.62 bits per heavy atom. The van der Waals surface area contributed by atoms with Gasteiger partial charge in [0, 0.05) is 50.7 Å². The Labute approximate surface area is 142 Å². The predicted molar refractivity (Wildman–Crippen MR) is 88.6 cm³/mol. The molecule has 0 aromatic carbocycles. The van der Waals surface area contributed by atoms with Crippen LogP contribution in [0.1, 0.15) is 17.3 Å². The smallest absolute Gasteiger partial charge is 0.310 e. The van der Waals surface area contributed by atoms with Gasteiger partial charge >= 0.3 is 5.97 Å². The fourth-order valence-electron chi connectivity index (χ4n) is 2.65. The maximum atomic E-state index is 12.8. The lowest BCUT2D eigenvalue weighted by Crippen LogP contribution is -2.45. The molecule has 7 nitrogen and oxygen atoms in total. The van der Waals surface area contributed by atoms with Crippen LogP contribution in [-0.2, 0) is 14.3 Å². The lowest BCUT2D eigenvalue weighted by atomic mass is 10.1. The third-order valence-corrected chi connectivity index (χ3v) is 4.10. The zero-order valence-corrected chi connectivity index (χ0v) is 14.3. The fraction of sp³-hybridized carbons (Fsp3) is 0.588. The van der Waals surface area contributed by atoms with E-state index in [1.54, 1.807) is 36.4 Å². The third kappa shape index (κ3) is 5.28. The number of carbonyl (C=O) groups is 2. The average molecular weight is 335 g/mol. The SMILES string of the molecule is COC(=O)C(C)CN(CCN1CCOCC1)C(=O)c1ccncc1. The molecule has 0 saturated carbocycles. The van der Waals surface area contributed by atoms with Crippen LogP contribution >= 0.6 is 0 Å². The number of nitrogens with zero attached hydrogens (tertiary/aromatic N) is 3. The van der Waals surface area contributed by atoms with Gasteiger partial charge in [-0.15, -0.1) is 0 Å². The molecule has 1 fully saturated rings. The van der Waals surface area contributed by atoms with E-state index in [0.29, 0.717) is 18.7 Å².